The molecular weight excluding hydrogens is 262 g/mol. The van der Waals surface area contributed by atoms with Crippen LogP contribution in [0.4, 0.5) is 0 Å². The number of esters is 1. The first-order chi connectivity index (χ1) is 10.3. The first-order valence-electron chi connectivity index (χ1n) is 6.78. The molecule has 0 fully saturated rings. The zero-order valence-corrected chi connectivity index (χ0v) is 11.7. The number of hydrogen-bond acceptors (Lipinski definition) is 3. The number of fused-ring (bicyclic) bond motifs is 1. The van der Waals surface area contributed by atoms with E-state index in [1.165, 1.54) is 7.11 Å². The Kier molecular flexibility index (Phi) is 3.65. The second-order valence-corrected chi connectivity index (χ2v) is 4.82. The number of methoxy groups -OCH3 is 1. The van der Waals surface area contributed by atoms with Crippen molar-refractivity contribution in [2.75, 3.05) is 7.11 Å². The van der Waals surface area contributed by atoms with Crippen molar-refractivity contribution in [2.24, 2.45) is 0 Å². The molecule has 3 heteroatoms. The highest BCUT2D eigenvalue weighted by Crippen LogP contribution is 2.23. The maximum absolute atomic E-state index is 12.2. The van der Waals surface area contributed by atoms with Gasteiger partial charge in [-0.15, -0.1) is 0 Å². The summed E-state index contributed by atoms with van der Waals surface area (Å²) < 4.78 is 4.94. The molecule has 1 aromatic heterocycles. The molecule has 0 aliphatic carbocycles. The molecule has 0 atom stereocenters. The van der Waals surface area contributed by atoms with E-state index in [2.05, 4.69) is 4.98 Å². The van der Waals surface area contributed by atoms with Crippen LogP contribution in [0, 0.1) is 0 Å². The fraction of sp³-hybridized carbons (Fsp3) is 0.111. The molecule has 21 heavy (non-hydrogen) atoms. The molecule has 1 heterocycles. The van der Waals surface area contributed by atoms with Gasteiger partial charge in [-0.25, -0.2) is 4.79 Å². The summed E-state index contributed by atoms with van der Waals surface area (Å²) in [5.41, 5.74) is 2.41. The smallest absolute Gasteiger partial charge is 0.340 e. The average molecular weight is 277 g/mol. The standard InChI is InChI=1S/C18H15NO2/c1-21-18(20)17-15-10-6-5-9-14(15)12-19-16(17)11-13-7-3-2-4-8-13/h2-10,12H,11H2,1H3. The zero-order chi connectivity index (χ0) is 14.7. The molecule has 3 aromatic rings. The van der Waals surface area contributed by atoms with Gasteiger partial charge in [-0.2, -0.15) is 0 Å². The van der Waals surface area contributed by atoms with Crippen LogP contribution in [0.15, 0.2) is 60.8 Å². The summed E-state index contributed by atoms with van der Waals surface area (Å²) in [5, 5.41) is 1.82. The zero-order valence-electron chi connectivity index (χ0n) is 11.7. The number of benzene rings is 2. The number of hydrogen-bond donors (Lipinski definition) is 0. The Labute approximate surface area is 123 Å². The summed E-state index contributed by atoms with van der Waals surface area (Å²) >= 11 is 0. The highest BCUT2D eigenvalue weighted by molar-refractivity contribution is 6.05. The molecule has 0 bridgehead atoms. The number of carbonyl (C=O) groups excluding carboxylic acids is 1. The van der Waals surface area contributed by atoms with Crippen molar-refractivity contribution >= 4 is 16.7 Å². The molecule has 104 valence electrons. The van der Waals surface area contributed by atoms with Gasteiger partial charge in [0, 0.05) is 18.0 Å². The molecule has 0 radical (unpaired) electrons. The number of aromatic nitrogens is 1. The minimum Gasteiger partial charge on any atom is -0.465 e. The predicted octanol–water partition coefficient (Wildman–Crippen LogP) is 3.61. The summed E-state index contributed by atoms with van der Waals surface area (Å²) in [5.74, 6) is -0.342. The largest absolute Gasteiger partial charge is 0.465 e. The number of ether oxygens (including phenoxy) is 1. The van der Waals surface area contributed by atoms with E-state index in [1.54, 1.807) is 6.20 Å². The molecule has 3 nitrogen and oxygen atoms in total. The fourth-order valence-corrected chi connectivity index (χ4v) is 2.46. The van der Waals surface area contributed by atoms with Crippen LogP contribution < -0.4 is 0 Å². The summed E-state index contributed by atoms with van der Waals surface area (Å²) in [6.45, 7) is 0. The van der Waals surface area contributed by atoms with Gasteiger partial charge in [0.15, 0.2) is 0 Å². The number of rotatable bonds is 3. The van der Waals surface area contributed by atoms with Crippen molar-refractivity contribution in [3.63, 3.8) is 0 Å². The Morgan fingerprint density at radius 2 is 1.76 bits per heavy atom. The molecule has 0 unspecified atom stereocenters. The molecule has 0 N–H and O–H groups in total. The Balaban J connectivity index is 2.15. The molecule has 0 saturated heterocycles. The van der Waals surface area contributed by atoms with Crippen LogP contribution in [-0.2, 0) is 11.2 Å². The van der Waals surface area contributed by atoms with Crippen LogP contribution in [-0.4, -0.2) is 18.1 Å². The van der Waals surface area contributed by atoms with Gasteiger partial charge in [0.1, 0.15) is 0 Å². The Hall–Kier alpha value is -2.68. The number of nitrogens with zero attached hydrogens (tertiary/aromatic N) is 1. The summed E-state index contributed by atoms with van der Waals surface area (Å²) in [6, 6.07) is 17.7. The van der Waals surface area contributed by atoms with Crippen molar-refractivity contribution in [1.82, 2.24) is 4.98 Å². The minimum atomic E-state index is -0.342. The quantitative estimate of drug-likeness (QED) is 0.686. The Morgan fingerprint density at radius 3 is 2.52 bits per heavy atom. The molecule has 0 saturated carbocycles. The third-order valence-electron chi connectivity index (χ3n) is 3.48. The van der Waals surface area contributed by atoms with Crippen molar-refractivity contribution in [1.29, 1.82) is 0 Å². The number of carbonyl (C=O) groups is 1. The second-order valence-electron chi connectivity index (χ2n) is 4.82. The lowest BCUT2D eigenvalue weighted by atomic mass is 10.00. The molecule has 2 aromatic carbocycles. The van der Waals surface area contributed by atoms with Crippen LogP contribution in [0.25, 0.3) is 10.8 Å². The molecular formula is C18H15NO2. The Bertz CT molecular complexity index is 782. The first-order valence-corrected chi connectivity index (χ1v) is 6.78. The van der Waals surface area contributed by atoms with E-state index >= 15 is 0 Å². The topological polar surface area (TPSA) is 39.2 Å². The normalized spacial score (nSPS) is 10.5. The van der Waals surface area contributed by atoms with Crippen molar-refractivity contribution in [3.8, 4) is 0 Å². The Morgan fingerprint density at radius 1 is 1.05 bits per heavy atom. The highest BCUT2D eigenvalue weighted by atomic mass is 16.5. The van der Waals surface area contributed by atoms with Gasteiger partial charge in [0.25, 0.3) is 0 Å². The van der Waals surface area contributed by atoms with Crippen LogP contribution in [0.1, 0.15) is 21.6 Å². The van der Waals surface area contributed by atoms with E-state index in [0.717, 1.165) is 22.0 Å². The molecule has 0 amide bonds. The monoisotopic (exact) mass is 277 g/mol. The second kappa shape index (κ2) is 5.75. The van der Waals surface area contributed by atoms with Crippen LogP contribution >= 0.6 is 0 Å². The van der Waals surface area contributed by atoms with Gasteiger partial charge < -0.3 is 4.74 Å². The molecule has 0 spiro atoms. The highest BCUT2D eigenvalue weighted by Gasteiger charge is 2.17. The van der Waals surface area contributed by atoms with Gasteiger partial charge in [0.2, 0.25) is 0 Å². The van der Waals surface area contributed by atoms with E-state index in [-0.39, 0.29) is 5.97 Å². The summed E-state index contributed by atoms with van der Waals surface area (Å²) in [6.07, 6.45) is 2.41. The van der Waals surface area contributed by atoms with E-state index in [4.69, 9.17) is 4.74 Å². The summed E-state index contributed by atoms with van der Waals surface area (Å²) in [4.78, 5) is 16.6. The lowest BCUT2D eigenvalue weighted by molar-refractivity contribution is 0.0601. The van der Waals surface area contributed by atoms with E-state index in [9.17, 15) is 4.79 Å². The van der Waals surface area contributed by atoms with Crippen molar-refractivity contribution < 1.29 is 9.53 Å². The molecule has 0 aliphatic rings. The van der Waals surface area contributed by atoms with Gasteiger partial charge in [-0.1, -0.05) is 54.6 Å². The van der Waals surface area contributed by atoms with E-state index in [1.807, 2.05) is 54.6 Å². The maximum atomic E-state index is 12.2. The van der Waals surface area contributed by atoms with Crippen molar-refractivity contribution in [3.05, 3.63) is 77.6 Å². The van der Waals surface area contributed by atoms with Gasteiger partial charge in [0.05, 0.1) is 18.4 Å². The fourth-order valence-electron chi connectivity index (χ4n) is 2.46. The predicted molar refractivity (Wildman–Crippen MR) is 82.3 cm³/mol. The lowest BCUT2D eigenvalue weighted by Crippen LogP contribution is -2.09. The summed E-state index contributed by atoms with van der Waals surface area (Å²) in [7, 11) is 1.40. The van der Waals surface area contributed by atoms with E-state index in [0.29, 0.717) is 12.0 Å². The van der Waals surface area contributed by atoms with Crippen LogP contribution in [0.5, 0.6) is 0 Å². The molecule has 3 rings (SSSR count). The van der Waals surface area contributed by atoms with E-state index < -0.39 is 0 Å². The first kappa shape index (κ1) is 13.3. The van der Waals surface area contributed by atoms with Crippen molar-refractivity contribution in [2.45, 2.75) is 6.42 Å². The minimum absolute atomic E-state index is 0.342. The molecule has 0 aliphatic heterocycles. The van der Waals surface area contributed by atoms with Gasteiger partial charge in [-0.05, 0) is 10.9 Å². The lowest BCUT2D eigenvalue weighted by Gasteiger charge is -2.10. The SMILES string of the molecule is COC(=O)c1c(Cc2ccccc2)ncc2ccccc12. The number of pyridine rings is 1. The van der Waals surface area contributed by atoms with Crippen LogP contribution in [0.3, 0.4) is 0 Å². The van der Waals surface area contributed by atoms with Crippen LogP contribution in [0.2, 0.25) is 0 Å². The third kappa shape index (κ3) is 2.63. The third-order valence-corrected chi connectivity index (χ3v) is 3.48. The van der Waals surface area contributed by atoms with Gasteiger partial charge >= 0.3 is 5.97 Å². The average Bonchev–Trinajstić information content (AvgIpc) is 2.55. The van der Waals surface area contributed by atoms with Gasteiger partial charge in [-0.3, -0.25) is 4.98 Å². The maximum Gasteiger partial charge on any atom is 0.340 e.